The van der Waals surface area contributed by atoms with Crippen molar-refractivity contribution in [2.24, 2.45) is 0 Å². The number of ether oxygens (including phenoxy) is 1. The van der Waals surface area contributed by atoms with Crippen LogP contribution in [0.5, 0.6) is 0 Å². The third-order valence-corrected chi connectivity index (χ3v) is 3.75. The molecule has 0 bridgehead atoms. The fourth-order valence-corrected chi connectivity index (χ4v) is 2.55. The minimum Gasteiger partial charge on any atom is -0.466 e. The minimum absolute atomic E-state index is 0.190. The maximum atomic E-state index is 11.5. The van der Waals surface area contributed by atoms with Gasteiger partial charge in [0.15, 0.2) is 0 Å². The molecule has 3 nitrogen and oxygen atoms in total. The van der Waals surface area contributed by atoms with Crippen LogP contribution in [0.15, 0.2) is 11.6 Å². The van der Waals surface area contributed by atoms with Gasteiger partial charge in [-0.1, -0.05) is 19.4 Å². The number of hydrogen-bond donors (Lipinski definition) is 0. The lowest BCUT2D eigenvalue weighted by Gasteiger charge is -2.38. The van der Waals surface area contributed by atoms with Gasteiger partial charge in [-0.3, -0.25) is 4.90 Å². The van der Waals surface area contributed by atoms with Crippen LogP contribution in [-0.2, 0) is 9.53 Å². The van der Waals surface area contributed by atoms with E-state index >= 15 is 0 Å². The van der Waals surface area contributed by atoms with Crippen molar-refractivity contribution < 1.29 is 9.53 Å². The highest BCUT2D eigenvalue weighted by atomic mass is 16.5. The predicted molar refractivity (Wildman–Crippen MR) is 69.9 cm³/mol. The van der Waals surface area contributed by atoms with E-state index in [1.807, 2.05) is 13.0 Å². The molecule has 0 radical (unpaired) electrons. The van der Waals surface area contributed by atoms with Crippen LogP contribution < -0.4 is 0 Å². The van der Waals surface area contributed by atoms with Crippen molar-refractivity contribution in [1.29, 1.82) is 0 Å². The summed E-state index contributed by atoms with van der Waals surface area (Å²) in [6, 6.07) is 1.23. The fourth-order valence-electron chi connectivity index (χ4n) is 2.55. The highest BCUT2D eigenvalue weighted by Gasteiger charge is 2.23. The molecule has 0 aromatic rings. The standard InChI is InChI=1S/C14H25NO2/c1-5-13(14(16)17-4)9-10-15-11(2)7-6-8-12(15)3/h9,11-12H,5-8,10H2,1-4H3/t11-,12+. The number of hydrogen-bond acceptors (Lipinski definition) is 3. The van der Waals surface area contributed by atoms with Gasteiger partial charge < -0.3 is 4.74 Å². The molecule has 17 heavy (non-hydrogen) atoms. The summed E-state index contributed by atoms with van der Waals surface area (Å²) in [4.78, 5) is 13.9. The highest BCUT2D eigenvalue weighted by molar-refractivity contribution is 5.88. The Morgan fingerprint density at radius 2 is 1.94 bits per heavy atom. The van der Waals surface area contributed by atoms with E-state index in [4.69, 9.17) is 4.74 Å². The van der Waals surface area contributed by atoms with Crippen LogP contribution in [0.1, 0.15) is 46.5 Å². The summed E-state index contributed by atoms with van der Waals surface area (Å²) in [5.74, 6) is -0.190. The van der Waals surface area contributed by atoms with Crippen LogP contribution in [0.2, 0.25) is 0 Å². The van der Waals surface area contributed by atoms with Crippen molar-refractivity contribution in [2.45, 2.75) is 58.5 Å². The molecule has 1 aliphatic rings. The molecule has 98 valence electrons. The lowest BCUT2D eigenvalue weighted by molar-refractivity contribution is -0.136. The lowest BCUT2D eigenvalue weighted by Crippen LogP contribution is -2.43. The van der Waals surface area contributed by atoms with E-state index in [0.29, 0.717) is 12.1 Å². The van der Waals surface area contributed by atoms with Crippen LogP contribution in [0.25, 0.3) is 0 Å². The Morgan fingerprint density at radius 1 is 1.35 bits per heavy atom. The Hall–Kier alpha value is -0.830. The van der Waals surface area contributed by atoms with E-state index < -0.39 is 0 Å². The number of carbonyl (C=O) groups excluding carboxylic acids is 1. The molecule has 0 aliphatic carbocycles. The molecule has 0 aromatic heterocycles. The summed E-state index contributed by atoms with van der Waals surface area (Å²) in [6.07, 6.45) is 6.61. The first kappa shape index (κ1) is 14.2. The zero-order valence-corrected chi connectivity index (χ0v) is 11.5. The van der Waals surface area contributed by atoms with Crippen LogP contribution in [0.4, 0.5) is 0 Å². The topological polar surface area (TPSA) is 29.5 Å². The van der Waals surface area contributed by atoms with Crippen molar-refractivity contribution in [2.75, 3.05) is 13.7 Å². The molecule has 1 heterocycles. The van der Waals surface area contributed by atoms with Gasteiger partial charge >= 0.3 is 5.97 Å². The Morgan fingerprint density at radius 3 is 2.41 bits per heavy atom. The smallest absolute Gasteiger partial charge is 0.333 e. The number of methoxy groups -OCH3 is 1. The molecule has 0 aromatic carbocycles. The van der Waals surface area contributed by atoms with Crippen LogP contribution >= 0.6 is 0 Å². The molecule has 0 unspecified atom stereocenters. The van der Waals surface area contributed by atoms with Gasteiger partial charge in [-0.2, -0.15) is 0 Å². The van der Waals surface area contributed by atoms with E-state index in [1.165, 1.54) is 26.4 Å². The summed E-state index contributed by atoms with van der Waals surface area (Å²) < 4.78 is 4.77. The zero-order valence-electron chi connectivity index (χ0n) is 11.5. The number of carbonyl (C=O) groups is 1. The minimum atomic E-state index is -0.190. The van der Waals surface area contributed by atoms with Gasteiger partial charge in [0.1, 0.15) is 0 Å². The van der Waals surface area contributed by atoms with Crippen molar-refractivity contribution >= 4 is 5.97 Å². The van der Waals surface area contributed by atoms with E-state index in [-0.39, 0.29) is 5.97 Å². The van der Waals surface area contributed by atoms with Crippen LogP contribution in [0.3, 0.4) is 0 Å². The summed E-state index contributed by atoms with van der Waals surface area (Å²) in [5, 5.41) is 0. The largest absolute Gasteiger partial charge is 0.466 e. The number of piperidine rings is 1. The Labute approximate surface area is 105 Å². The second-order valence-corrected chi connectivity index (χ2v) is 4.90. The van der Waals surface area contributed by atoms with Crippen molar-refractivity contribution in [3.8, 4) is 0 Å². The van der Waals surface area contributed by atoms with E-state index in [9.17, 15) is 4.79 Å². The third kappa shape index (κ3) is 3.84. The van der Waals surface area contributed by atoms with Gasteiger partial charge in [0.05, 0.1) is 7.11 Å². The molecule has 1 saturated heterocycles. The van der Waals surface area contributed by atoms with Crippen molar-refractivity contribution in [1.82, 2.24) is 4.90 Å². The average molecular weight is 239 g/mol. The quantitative estimate of drug-likeness (QED) is 0.558. The Kier molecular flexibility index (Phi) is 5.69. The second kappa shape index (κ2) is 6.80. The number of likely N-dealkylation sites (tertiary alicyclic amines) is 1. The molecule has 0 N–H and O–H groups in total. The Bertz CT molecular complexity index is 276. The second-order valence-electron chi connectivity index (χ2n) is 4.90. The number of nitrogens with zero attached hydrogens (tertiary/aromatic N) is 1. The van der Waals surface area contributed by atoms with Gasteiger partial charge in [0.25, 0.3) is 0 Å². The fraction of sp³-hybridized carbons (Fsp3) is 0.786. The van der Waals surface area contributed by atoms with Gasteiger partial charge in [0.2, 0.25) is 0 Å². The third-order valence-electron chi connectivity index (χ3n) is 3.75. The van der Waals surface area contributed by atoms with Crippen LogP contribution in [-0.4, -0.2) is 36.6 Å². The average Bonchev–Trinajstić information content (AvgIpc) is 2.32. The van der Waals surface area contributed by atoms with Gasteiger partial charge in [-0.15, -0.1) is 0 Å². The first-order valence-electron chi connectivity index (χ1n) is 6.63. The summed E-state index contributed by atoms with van der Waals surface area (Å²) in [7, 11) is 1.44. The predicted octanol–water partition coefficient (Wildman–Crippen LogP) is 2.76. The summed E-state index contributed by atoms with van der Waals surface area (Å²) >= 11 is 0. The summed E-state index contributed by atoms with van der Waals surface area (Å²) in [6.45, 7) is 7.40. The molecule has 0 amide bonds. The number of rotatable bonds is 4. The molecular weight excluding hydrogens is 214 g/mol. The zero-order chi connectivity index (χ0) is 12.8. The molecule has 0 saturated carbocycles. The molecule has 0 spiro atoms. The SMILES string of the molecule is CCC(=CCN1[C@H](C)CCC[C@@H]1C)C(=O)OC. The van der Waals surface area contributed by atoms with E-state index in [1.54, 1.807) is 0 Å². The molecule has 1 rings (SSSR count). The monoisotopic (exact) mass is 239 g/mol. The highest BCUT2D eigenvalue weighted by Crippen LogP contribution is 2.22. The van der Waals surface area contributed by atoms with Crippen LogP contribution in [0, 0.1) is 0 Å². The molecule has 1 fully saturated rings. The molecule has 2 atom stereocenters. The van der Waals surface area contributed by atoms with E-state index in [0.717, 1.165) is 18.5 Å². The van der Waals surface area contributed by atoms with E-state index in [2.05, 4.69) is 18.7 Å². The first-order valence-corrected chi connectivity index (χ1v) is 6.63. The van der Waals surface area contributed by atoms with Crippen molar-refractivity contribution in [3.63, 3.8) is 0 Å². The maximum absolute atomic E-state index is 11.5. The Balaban J connectivity index is 2.62. The van der Waals surface area contributed by atoms with Crippen molar-refractivity contribution in [3.05, 3.63) is 11.6 Å². The van der Waals surface area contributed by atoms with Gasteiger partial charge in [0, 0.05) is 24.2 Å². The first-order chi connectivity index (χ1) is 8.10. The molecular formula is C14H25NO2. The number of esters is 1. The molecule has 1 aliphatic heterocycles. The maximum Gasteiger partial charge on any atom is 0.333 e. The lowest BCUT2D eigenvalue weighted by atomic mass is 9.97. The van der Waals surface area contributed by atoms with Gasteiger partial charge in [-0.05, 0) is 33.1 Å². The van der Waals surface area contributed by atoms with Gasteiger partial charge in [-0.25, -0.2) is 4.79 Å². The summed E-state index contributed by atoms with van der Waals surface area (Å²) in [5.41, 5.74) is 0.789. The molecule has 3 heteroatoms. The normalized spacial score (nSPS) is 26.9.